The summed E-state index contributed by atoms with van der Waals surface area (Å²) in [5.74, 6) is -0.662. The fraction of sp³-hybridized carbons (Fsp3) is 0.231. The molecule has 0 spiro atoms. The van der Waals surface area contributed by atoms with Gasteiger partial charge in [-0.25, -0.2) is 17.9 Å². The third-order valence-electron chi connectivity index (χ3n) is 2.22. The van der Waals surface area contributed by atoms with Gasteiger partial charge in [0.1, 0.15) is 6.54 Å². The highest BCUT2D eigenvalue weighted by Crippen LogP contribution is 2.12. The molecule has 120 valence electrons. The minimum Gasteiger partial charge on any atom is -0.465 e. The van der Waals surface area contributed by atoms with Gasteiger partial charge in [-0.1, -0.05) is 23.7 Å². The summed E-state index contributed by atoms with van der Waals surface area (Å²) >= 11 is 5.77. The molecule has 0 heterocycles. The van der Waals surface area contributed by atoms with E-state index in [1.807, 2.05) is 0 Å². The molecular weight excluding hydrogens is 332 g/mol. The van der Waals surface area contributed by atoms with Gasteiger partial charge in [-0.05, 0) is 30.7 Å². The number of halogens is 1. The standard InChI is InChI=1S/C13H15ClN2O5S/c1-2-21-12(17)9-15-13(18)16-22(19,20)7-6-10-4-3-5-11(14)8-10/h3-8H,2,9H2,1H3,(H2,15,16,18)/b7-6+. The molecule has 0 aliphatic carbocycles. The van der Waals surface area contributed by atoms with E-state index < -0.39 is 28.6 Å². The molecule has 0 atom stereocenters. The van der Waals surface area contributed by atoms with Gasteiger partial charge in [-0.2, -0.15) is 0 Å². The monoisotopic (exact) mass is 346 g/mol. The largest absolute Gasteiger partial charge is 0.465 e. The number of urea groups is 1. The first-order chi connectivity index (χ1) is 10.3. The van der Waals surface area contributed by atoms with Crippen LogP contribution in [0.4, 0.5) is 4.79 Å². The number of benzene rings is 1. The first-order valence-corrected chi connectivity index (χ1v) is 8.15. The van der Waals surface area contributed by atoms with Gasteiger partial charge in [0.25, 0.3) is 10.0 Å². The van der Waals surface area contributed by atoms with Crippen molar-refractivity contribution in [2.24, 2.45) is 0 Å². The number of carbonyl (C=O) groups is 2. The van der Waals surface area contributed by atoms with Crippen LogP contribution in [-0.4, -0.2) is 33.6 Å². The number of hydrogen-bond donors (Lipinski definition) is 2. The van der Waals surface area contributed by atoms with Crippen LogP contribution in [0.2, 0.25) is 5.02 Å². The van der Waals surface area contributed by atoms with Crippen LogP contribution in [0.1, 0.15) is 12.5 Å². The lowest BCUT2D eigenvalue weighted by atomic mass is 10.2. The molecule has 1 rings (SSSR count). The molecule has 2 N–H and O–H groups in total. The molecule has 0 aliphatic rings. The van der Waals surface area contributed by atoms with Crippen LogP contribution in [-0.2, 0) is 19.6 Å². The van der Waals surface area contributed by atoms with Crippen molar-refractivity contribution in [3.63, 3.8) is 0 Å². The lowest BCUT2D eigenvalue weighted by molar-refractivity contribution is -0.141. The van der Waals surface area contributed by atoms with Gasteiger partial charge in [0.05, 0.1) is 12.0 Å². The Morgan fingerprint density at radius 3 is 2.73 bits per heavy atom. The topological polar surface area (TPSA) is 102 Å². The van der Waals surface area contributed by atoms with Crippen molar-refractivity contribution in [3.05, 3.63) is 40.3 Å². The first-order valence-electron chi connectivity index (χ1n) is 6.22. The van der Waals surface area contributed by atoms with E-state index >= 15 is 0 Å². The van der Waals surface area contributed by atoms with Gasteiger partial charge in [0, 0.05) is 5.02 Å². The van der Waals surface area contributed by atoms with E-state index in [4.69, 9.17) is 11.6 Å². The molecule has 1 aromatic rings. The third-order valence-corrected chi connectivity index (χ3v) is 3.42. The van der Waals surface area contributed by atoms with Crippen LogP contribution in [0.25, 0.3) is 6.08 Å². The minimum atomic E-state index is -3.99. The van der Waals surface area contributed by atoms with E-state index in [2.05, 4.69) is 10.1 Å². The van der Waals surface area contributed by atoms with Gasteiger partial charge < -0.3 is 10.1 Å². The number of nitrogens with one attached hydrogen (secondary N) is 2. The number of sulfonamides is 1. The Balaban J connectivity index is 2.56. The van der Waals surface area contributed by atoms with E-state index in [9.17, 15) is 18.0 Å². The molecule has 0 aliphatic heterocycles. The maximum atomic E-state index is 11.7. The summed E-state index contributed by atoms with van der Waals surface area (Å²) in [5.41, 5.74) is 0.560. The van der Waals surface area contributed by atoms with Crippen molar-refractivity contribution < 1.29 is 22.7 Å². The molecule has 1 aromatic carbocycles. The van der Waals surface area contributed by atoms with Crippen molar-refractivity contribution in [1.82, 2.24) is 10.0 Å². The summed E-state index contributed by atoms with van der Waals surface area (Å²) in [6, 6.07) is 5.50. The Kier molecular flexibility index (Phi) is 6.87. The van der Waals surface area contributed by atoms with Crippen molar-refractivity contribution in [1.29, 1.82) is 0 Å². The average molecular weight is 347 g/mol. The molecule has 22 heavy (non-hydrogen) atoms. The van der Waals surface area contributed by atoms with Gasteiger partial charge >= 0.3 is 12.0 Å². The fourth-order valence-corrected chi connectivity index (χ4v) is 2.28. The Labute approximate surface area is 133 Å². The summed E-state index contributed by atoms with van der Waals surface area (Å²) in [4.78, 5) is 22.4. The second-order valence-electron chi connectivity index (χ2n) is 3.99. The van der Waals surface area contributed by atoms with Crippen molar-refractivity contribution in [3.8, 4) is 0 Å². The van der Waals surface area contributed by atoms with Gasteiger partial charge in [0.2, 0.25) is 0 Å². The van der Waals surface area contributed by atoms with Gasteiger partial charge in [0.15, 0.2) is 0 Å². The Bertz CT molecular complexity index is 673. The Morgan fingerprint density at radius 1 is 1.36 bits per heavy atom. The van der Waals surface area contributed by atoms with Gasteiger partial charge in [-0.3, -0.25) is 4.79 Å². The van der Waals surface area contributed by atoms with Crippen LogP contribution < -0.4 is 10.0 Å². The summed E-state index contributed by atoms with van der Waals surface area (Å²) in [5, 5.41) is 3.35. The fourth-order valence-electron chi connectivity index (χ4n) is 1.34. The second kappa shape index (κ2) is 8.40. The van der Waals surface area contributed by atoms with Crippen LogP contribution >= 0.6 is 11.6 Å². The normalized spacial score (nSPS) is 11.2. The highest BCUT2D eigenvalue weighted by Gasteiger charge is 2.12. The molecule has 0 saturated heterocycles. The Hall–Kier alpha value is -2.06. The zero-order chi connectivity index (χ0) is 16.6. The van der Waals surface area contributed by atoms with E-state index in [1.165, 1.54) is 6.08 Å². The summed E-state index contributed by atoms with van der Waals surface area (Å²) in [6.07, 6.45) is 1.28. The average Bonchev–Trinajstić information content (AvgIpc) is 2.43. The zero-order valence-corrected chi connectivity index (χ0v) is 13.3. The quantitative estimate of drug-likeness (QED) is 0.760. The van der Waals surface area contributed by atoms with Crippen molar-refractivity contribution in [2.75, 3.05) is 13.2 Å². The van der Waals surface area contributed by atoms with E-state index in [0.717, 1.165) is 5.41 Å². The number of esters is 1. The maximum absolute atomic E-state index is 11.7. The SMILES string of the molecule is CCOC(=O)CNC(=O)NS(=O)(=O)/C=C/c1cccc(Cl)c1. The molecule has 7 nitrogen and oxygen atoms in total. The lowest BCUT2D eigenvalue weighted by Crippen LogP contribution is -2.41. The lowest BCUT2D eigenvalue weighted by Gasteiger charge is -2.05. The number of amides is 2. The number of carbonyl (C=O) groups excluding carboxylic acids is 2. The van der Waals surface area contributed by atoms with E-state index in [1.54, 1.807) is 35.9 Å². The van der Waals surface area contributed by atoms with Crippen molar-refractivity contribution >= 4 is 39.7 Å². The zero-order valence-electron chi connectivity index (χ0n) is 11.7. The van der Waals surface area contributed by atoms with E-state index in [0.29, 0.717) is 10.6 Å². The summed E-state index contributed by atoms with van der Waals surface area (Å²) in [7, 11) is -3.99. The van der Waals surface area contributed by atoms with E-state index in [-0.39, 0.29) is 6.61 Å². The molecular formula is C13H15ClN2O5S. The molecule has 0 bridgehead atoms. The van der Waals surface area contributed by atoms with Crippen LogP contribution in [0, 0.1) is 0 Å². The minimum absolute atomic E-state index is 0.169. The second-order valence-corrected chi connectivity index (χ2v) is 6.00. The molecule has 0 aromatic heterocycles. The number of ether oxygens (including phenoxy) is 1. The number of rotatable bonds is 6. The van der Waals surface area contributed by atoms with Crippen LogP contribution in [0.5, 0.6) is 0 Å². The predicted molar refractivity (Wildman–Crippen MR) is 82.6 cm³/mol. The third kappa shape index (κ3) is 7.09. The molecule has 0 radical (unpaired) electrons. The molecule has 0 saturated carbocycles. The van der Waals surface area contributed by atoms with Gasteiger partial charge in [-0.15, -0.1) is 0 Å². The highest BCUT2D eigenvalue weighted by molar-refractivity contribution is 7.93. The molecule has 2 amide bonds. The van der Waals surface area contributed by atoms with Crippen LogP contribution in [0.3, 0.4) is 0 Å². The summed E-state index contributed by atoms with van der Waals surface area (Å²) in [6.45, 7) is 1.36. The summed E-state index contributed by atoms with van der Waals surface area (Å²) < 4.78 is 29.6. The van der Waals surface area contributed by atoms with Crippen molar-refractivity contribution in [2.45, 2.75) is 6.92 Å². The highest BCUT2D eigenvalue weighted by atomic mass is 35.5. The molecule has 0 fully saturated rings. The Morgan fingerprint density at radius 2 is 2.09 bits per heavy atom. The molecule has 0 unspecified atom stereocenters. The first kappa shape index (κ1) is 18.0. The molecule has 9 heteroatoms. The predicted octanol–water partition coefficient (Wildman–Crippen LogP) is 1.50. The number of hydrogen-bond acceptors (Lipinski definition) is 5. The van der Waals surface area contributed by atoms with Crippen LogP contribution in [0.15, 0.2) is 29.7 Å². The smallest absolute Gasteiger partial charge is 0.329 e. The maximum Gasteiger partial charge on any atom is 0.329 e.